The zero-order valence-electron chi connectivity index (χ0n) is 23.2. The minimum Gasteiger partial charge on any atom is -0.466 e. The van der Waals surface area contributed by atoms with Crippen molar-refractivity contribution in [2.45, 2.75) is 162 Å². The van der Waals surface area contributed by atoms with Crippen molar-refractivity contribution in [3.63, 3.8) is 0 Å². The summed E-state index contributed by atoms with van der Waals surface area (Å²) in [6.45, 7) is 7.64. The van der Waals surface area contributed by atoms with Crippen molar-refractivity contribution in [2.24, 2.45) is 5.92 Å². The number of unbranched alkanes of at least 4 members (excludes halogenated alkanes) is 17. The lowest BCUT2D eigenvalue weighted by Crippen LogP contribution is -2.15. The van der Waals surface area contributed by atoms with Crippen LogP contribution in [0.3, 0.4) is 0 Å². The lowest BCUT2D eigenvalue weighted by atomic mass is 10.0. The fourth-order valence-electron chi connectivity index (χ4n) is 4.24. The van der Waals surface area contributed by atoms with Gasteiger partial charge in [-0.1, -0.05) is 130 Å². The normalized spacial score (nSPS) is 12.0. The molecule has 0 radical (unpaired) electrons. The molecule has 0 aliphatic heterocycles. The monoisotopic (exact) mass is 482 g/mol. The van der Waals surface area contributed by atoms with Gasteiger partial charge in [-0.15, -0.1) is 0 Å². The highest BCUT2D eigenvalue weighted by Gasteiger charge is 2.13. The van der Waals surface area contributed by atoms with Crippen LogP contribution in [-0.4, -0.2) is 25.2 Å². The van der Waals surface area contributed by atoms with Gasteiger partial charge in [0.25, 0.3) is 0 Å². The molecule has 0 aliphatic rings. The van der Waals surface area contributed by atoms with Crippen LogP contribution in [0.1, 0.15) is 162 Å². The molecule has 4 nitrogen and oxygen atoms in total. The average molecular weight is 483 g/mol. The first-order chi connectivity index (χ1) is 16.6. The molecule has 0 saturated heterocycles. The van der Waals surface area contributed by atoms with Crippen LogP contribution in [0.4, 0.5) is 0 Å². The van der Waals surface area contributed by atoms with Crippen molar-refractivity contribution in [3.05, 3.63) is 0 Å². The molecular formula is C30H58O4. The molecule has 1 atom stereocenters. The van der Waals surface area contributed by atoms with Crippen LogP contribution in [0, 0.1) is 5.92 Å². The van der Waals surface area contributed by atoms with Gasteiger partial charge in [0.15, 0.2) is 0 Å². The highest BCUT2D eigenvalue weighted by atomic mass is 16.5. The quantitative estimate of drug-likeness (QED) is 0.0910. The van der Waals surface area contributed by atoms with Crippen LogP contribution in [0.25, 0.3) is 0 Å². The second-order valence-electron chi connectivity index (χ2n) is 10.2. The number of hydrogen-bond acceptors (Lipinski definition) is 4. The third-order valence-electron chi connectivity index (χ3n) is 6.67. The molecule has 0 bridgehead atoms. The van der Waals surface area contributed by atoms with E-state index in [1.54, 1.807) is 0 Å². The Kier molecular flexibility index (Phi) is 25.7. The van der Waals surface area contributed by atoms with E-state index < -0.39 is 0 Å². The molecule has 0 heterocycles. The number of carbonyl (C=O) groups is 2. The zero-order valence-corrected chi connectivity index (χ0v) is 23.2. The molecule has 0 saturated carbocycles. The van der Waals surface area contributed by atoms with Crippen LogP contribution in [-0.2, 0) is 19.1 Å². The Hall–Kier alpha value is -1.06. The van der Waals surface area contributed by atoms with Crippen LogP contribution < -0.4 is 0 Å². The number of hydrogen-bond donors (Lipinski definition) is 0. The summed E-state index contributed by atoms with van der Waals surface area (Å²) in [6.07, 6.45) is 25.5. The smallest absolute Gasteiger partial charge is 0.308 e. The molecule has 202 valence electrons. The largest absolute Gasteiger partial charge is 0.466 e. The number of ether oxygens (including phenoxy) is 2. The third-order valence-corrected chi connectivity index (χ3v) is 6.67. The van der Waals surface area contributed by atoms with Gasteiger partial charge >= 0.3 is 11.9 Å². The van der Waals surface area contributed by atoms with E-state index >= 15 is 0 Å². The lowest BCUT2D eigenvalue weighted by Gasteiger charge is -2.11. The van der Waals surface area contributed by atoms with Crippen molar-refractivity contribution in [1.82, 2.24) is 0 Å². The molecule has 0 amide bonds. The van der Waals surface area contributed by atoms with Crippen LogP contribution >= 0.6 is 0 Å². The van der Waals surface area contributed by atoms with Gasteiger partial charge in [-0.3, -0.25) is 9.59 Å². The predicted molar refractivity (Wildman–Crippen MR) is 144 cm³/mol. The Morgan fingerprint density at radius 2 is 0.941 bits per heavy atom. The molecule has 0 rings (SSSR count). The van der Waals surface area contributed by atoms with Crippen molar-refractivity contribution >= 4 is 11.9 Å². The summed E-state index contributed by atoms with van der Waals surface area (Å²) >= 11 is 0. The molecule has 4 heteroatoms. The maximum atomic E-state index is 12.1. The Bertz CT molecular complexity index is 449. The molecular weight excluding hydrogens is 424 g/mol. The van der Waals surface area contributed by atoms with E-state index in [9.17, 15) is 9.59 Å². The molecule has 0 N–H and O–H groups in total. The van der Waals surface area contributed by atoms with Gasteiger partial charge in [0.05, 0.1) is 19.1 Å². The highest BCUT2D eigenvalue weighted by Crippen LogP contribution is 2.15. The SMILES string of the molecule is CCCCCCCCOC(=O)CCCCCCCCCCC(C)C(=O)OCCCCCCCC. The van der Waals surface area contributed by atoms with Crippen molar-refractivity contribution < 1.29 is 19.1 Å². The summed E-state index contributed by atoms with van der Waals surface area (Å²) in [5, 5.41) is 0. The van der Waals surface area contributed by atoms with Crippen molar-refractivity contribution in [3.8, 4) is 0 Å². The molecule has 0 aliphatic carbocycles. The van der Waals surface area contributed by atoms with E-state index in [0.717, 1.165) is 38.5 Å². The van der Waals surface area contributed by atoms with Crippen molar-refractivity contribution in [2.75, 3.05) is 13.2 Å². The average Bonchev–Trinajstić information content (AvgIpc) is 2.83. The molecule has 34 heavy (non-hydrogen) atoms. The Balaban J connectivity index is 3.35. The van der Waals surface area contributed by atoms with Gasteiger partial charge in [-0.25, -0.2) is 0 Å². The first kappa shape index (κ1) is 32.9. The number of rotatable bonds is 26. The topological polar surface area (TPSA) is 52.6 Å². The number of esters is 2. The van der Waals surface area contributed by atoms with Gasteiger partial charge in [-0.05, 0) is 25.7 Å². The summed E-state index contributed by atoms with van der Waals surface area (Å²) in [5.74, 6) is -0.00635. The minimum atomic E-state index is -0.0202. The van der Waals surface area contributed by atoms with Crippen LogP contribution in [0.2, 0.25) is 0 Å². The standard InChI is InChI=1S/C30H58O4/c1-4-6-8-10-18-22-26-33-29(31)25-21-17-15-13-12-14-16-20-24-28(3)30(32)34-27-23-19-11-9-7-5-2/h28H,4-27H2,1-3H3. The Morgan fingerprint density at radius 3 is 1.47 bits per heavy atom. The molecule has 0 spiro atoms. The van der Waals surface area contributed by atoms with Gasteiger partial charge < -0.3 is 9.47 Å². The first-order valence-corrected chi connectivity index (χ1v) is 14.9. The predicted octanol–water partition coefficient (Wildman–Crippen LogP) is 9.33. The summed E-state index contributed by atoms with van der Waals surface area (Å²) in [7, 11) is 0. The highest BCUT2D eigenvalue weighted by molar-refractivity contribution is 5.71. The van der Waals surface area contributed by atoms with Gasteiger partial charge in [0.1, 0.15) is 0 Å². The Labute approximate surface area is 212 Å². The van der Waals surface area contributed by atoms with Gasteiger partial charge in [0, 0.05) is 6.42 Å². The van der Waals surface area contributed by atoms with Crippen LogP contribution in [0.5, 0.6) is 0 Å². The van der Waals surface area contributed by atoms with Gasteiger partial charge in [0.2, 0.25) is 0 Å². The minimum absolute atomic E-state index is 0.0148. The summed E-state index contributed by atoms with van der Waals surface area (Å²) < 4.78 is 10.8. The zero-order chi connectivity index (χ0) is 25.1. The maximum absolute atomic E-state index is 12.1. The molecule has 0 aromatic carbocycles. The summed E-state index contributed by atoms with van der Waals surface area (Å²) in [5.41, 5.74) is 0. The van der Waals surface area contributed by atoms with Gasteiger partial charge in [-0.2, -0.15) is 0 Å². The Morgan fingerprint density at radius 1 is 0.529 bits per heavy atom. The third kappa shape index (κ3) is 24.1. The van der Waals surface area contributed by atoms with E-state index in [4.69, 9.17) is 9.47 Å². The fraction of sp³-hybridized carbons (Fsp3) is 0.933. The molecule has 0 fully saturated rings. The van der Waals surface area contributed by atoms with E-state index in [1.165, 1.54) is 96.3 Å². The second kappa shape index (κ2) is 26.5. The maximum Gasteiger partial charge on any atom is 0.308 e. The van der Waals surface area contributed by atoms with E-state index in [2.05, 4.69) is 13.8 Å². The summed E-state index contributed by atoms with van der Waals surface area (Å²) in [4.78, 5) is 23.8. The van der Waals surface area contributed by atoms with E-state index in [-0.39, 0.29) is 17.9 Å². The van der Waals surface area contributed by atoms with E-state index in [0.29, 0.717) is 19.6 Å². The second-order valence-corrected chi connectivity index (χ2v) is 10.2. The summed E-state index contributed by atoms with van der Waals surface area (Å²) in [6, 6.07) is 0. The van der Waals surface area contributed by atoms with Crippen LogP contribution in [0.15, 0.2) is 0 Å². The molecule has 1 unspecified atom stereocenters. The number of carbonyl (C=O) groups excluding carboxylic acids is 2. The molecule has 0 aromatic rings. The lowest BCUT2D eigenvalue weighted by molar-refractivity contribution is -0.148. The van der Waals surface area contributed by atoms with Crippen molar-refractivity contribution in [1.29, 1.82) is 0 Å². The van der Waals surface area contributed by atoms with E-state index in [1.807, 2.05) is 6.92 Å². The first-order valence-electron chi connectivity index (χ1n) is 14.9. The molecule has 0 aromatic heterocycles. The fourth-order valence-corrected chi connectivity index (χ4v) is 4.24.